The van der Waals surface area contributed by atoms with Crippen LogP contribution < -0.4 is 11.1 Å². The second-order valence-electron chi connectivity index (χ2n) is 3.56. The quantitative estimate of drug-likeness (QED) is 0.757. The van der Waals surface area contributed by atoms with E-state index in [0.717, 1.165) is 0 Å². The van der Waals surface area contributed by atoms with Crippen molar-refractivity contribution in [2.45, 2.75) is 6.92 Å². The van der Waals surface area contributed by atoms with Crippen LogP contribution in [0.2, 0.25) is 0 Å². The molecule has 0 fully saturated rings. The summed E-state index contributed by atoms with van der Waals surface area (Å²) in [7, 11) is 1.73. The summed E-state index contributed by atoms with van der Waals surface area (Å²) >= 11 is 0. The molecule has 0 atom stereocenters. The van der Waals surface area contributed by atoms with Gasteiger partial charge in [-0.15, -0.1) is 0 Å². The molecule has 1 heterocycles. The Hall–Kier alpha value is -2.11. The van der Waals surface area contributed by atoms with Crippen molar-refractivity contribution < 1.29 is 9.59 Å². The number of carbonyl (C=O) groups excluding carboxylic acids is 2. The van der Waals surface area contributed by atoms with Crippen molar-refractivity contribution >= 4 is 17.5 Å². The van der Waals surface area contributed by atoms with Crippen molar-refractivity contribution in [3.05, 3.63) is 24.0 Å². The predicted octanol–water partition coefficient (Wildman–Crippen LogP) is 0.0707. The Kier molecular flexibility index (Phi) is 4.45. The average molecular weight is 236 g/mol. The first-order chi connectivity index (χ1) is 8.04. The van der Waals surface area contributed by atoms with Crippen LogP contribution in [0.3, 0.4) is 0 Å². The standard InChI is InChI=1S/C11H16N4O2/c1-3-15(2)10(16)7-14-8-4-5-13-9(6-8)11(12)17/h4-6H,3,7H2,1-2H3,(H2,12,17)(H,13,14). The number of hydrogen-bond acceptors (Lipinski definition) is 4. The number of likely N-dealkylation sites (N-methyl/N-ethyl adjacent to an activating group) is 1. The van der Waals surface area contributed by atoms with E-state index in [4.69, 9.17) is 5.73 Å². The number of hydrogen-bond donors (Lipinski definition) is 2. The summed E-state index contributed by atoms with van der Waals surface area (Å²) in [5.41, 5.74) is 5.92. The minimum atomic E-state index is -0.592. The van der Waals surface area contributed by atoms with Crippen LogP contribution >= 0.6 is 0 Å². The molecule has 6 heteroatoms. The van der Waals surface area contributed by atoms with E-state index in [2.05, 4.69) is 10.3 Å². The molecule has 0 aromatic carbocycles. The lowest BCUT2D eigenvalue weighted by Gasteiger charge is -2.15. The van der Waals surface area contributed by atoms with E-state index in [-0.39, 0.29) is 18.1 Å². The van der Waals surface area contributed by atoms with Gasteiger partial charge in [-0.2, -0.15) is 0 Å². The zero-order chi connectivity index (χ0) is 12.8. The second kappa shape index (κ2) is 5.83. The van der Waals surface area contributed by atoms with E-state index >= 15 is 0 Å². The van der Waals surface area contributed by atoms with Gasteiger partial charge in [-0.25, -0.2) is 0 Å². The SMILES string of the molecule is CCN(C)C(=O)CNc1ccnc(C(N)=O)c1. The number of carbonyl (C=O) groups is 2. The van der Waals surface area contributed by atoms with Gasteiger partial charge in [0.05, 0.1) is 6.54 Å². The van der Waals surface area contributed by atoms with Crippen LogP contribution in [0.15, 0.2) is 18.3 Å². The van der Waals surface area contributed by atoms with Gasteiger partial charge in [-0.1, -0.05) is 0 Å². The van der Waals surface area contributed by atoms with Gasteiger partial charge in [0.25, 0.3) is 5.91 Å². The maximum atomic E-state index is 11.5. The summed E-state index contributed by atoms with van der Waals surface area (Å²) in [4.78, 5) is 27.8. The van der Waals surface area contributed by atoms with Crippen molar-refractivity contribution in [2.75, 3.05) is 25.5 Å². The largest absolute Gasteiger partial charge is 0.376 e. The molecule has 0 aliphatic heterocycles. The molecule has 0 saturated carbocycles. The van der Waals surface area contributed by atoms with Gasteiger partial charge in [-0.3, -0.25) is 14.6 Å². The molecule has 1 aromatic heterocycles. The fraction of sp³-hybridized carbons (Fsp3) is 0.364. The number of primary amides is 1. The molecular formula is C11H16N4O2. The van der Waals surface area contributed by atoms with Gasteiger partial charge in [0, 0.05) is 25.5 Å². The molecule has 2 amide bonds. The second-order valence-corrected chi connectivity index (χ2v) is 3.56. The van der Waals surface area contributed by atoms with Crippen LogP contribution in [0, 0.1) is 0 Å². The molecule has 3 N–H and O–H groups in total. The Bertz CT molecular complexity index is 420. The van der Waals surface area contributed by atoms with Crippen molar-refractivity contribution in [1.29, 1.82) is 0 Å². The maximum Gasteiger partial charge on any atom is 0.267 e. The third-order valence-electron chi connectivity index (χ3n) is 2.36. The Morgan fingerprint density at radius 3 is 2.82 bits per heavy atom. The lowest BCUT2D eigenvalue weighted by Crippen LogP contribution is -2.31. The molecule has 17 heavy (non-hydrogen) atoms. The van der Waals surface area contributed by atoms with E-state index in [1.54, 1.807) is 18.0 Å². The molecule has 0 bridgehead atoms. The van der Waals surface area contributed by atoms with Gasteiger partial charge in [-0.05, 0) is 19.1 Å². The number of rotatable bonds is 5. The summed E-state index contributed by atoms with van der Waals surface area (Å²) in [5.74, 6) is -0.615. The van der Waals surface area contributed by atoms with Crippen molar-refractivity contribution in [3.8, 4) is 0 Å². The molecule has 0 saturated heterocycles. The Balaban J connectivity index is 2.60. The lowest BCUT2D eigenvalue weighted by molar-refractivity contribution is -0.127. The minimum Gasteiger partial charge on any atom is -0.376 e. The molecule has 0 aliphatic rings. The third kappa shape index (κ3) is 3.75. The van der Waals surface area contributed by atoms with E-state index in [9.17, 15) is 9.59 Å². The van der Waals surface area contributed by atoms with Crippen molar-refractivity contribution in [2.24, 2.45) is 5.73 Å². The summed E-state index contributed by atoms with van der Waals surface area (Å²) in [6.07, 6.45) is 1.47. The van der Waals surface area contributed by atoms with Crippen LogP contribution in [0.1, 0.15) is 17.4 Å². The first-order valence-electron chi connectivity index (χ1n) is 5.28. The zero-order valence-electron chi connectivity index (χ0n) is 9.93. The number of nitrogens with one attached hydrogen (secondary N) is 1. The fourth-order valence-corrected chi connectivity index (χ4v) is 1.16. The zero-order valence-corrected chi connectivity index (χ0v) is 9.93. The molecule has 1 rings (SSSR count). The fourth-order valence-electron chi connectivity index (χ4n) is 1.16. The average Bonchev–Trinajstić information content (AvgIpc) is 2.35. The molecule has 0 unspecified atom stereocenters. The Labute approximate surface area is 99.8 Å². The molecule has 0 spiro atoms. The summed E-state index contributed by atoms with van der Waals surface area (Å²) in [6.45, 7) is 2.73. The smallest absolute Gasteiger partial charge is 0.267 e. The lowest BCUT2D eigenvalue weighted by atomic mass is 10.3. The van der Waals surface area contributed by atoms with Gasteiger partial charge in [0.15, 0.2) is 0 Å². The van der Waals surface area contributed by atoms with Crippen LogP contribution in [0.5, 0.6) is 0 Å². The highest BCUT2D eigenvalue weighted by molar-refractivity contribution is 5.91. The summed E-state index contributed by atoms with van der Waals surface area (Å²) in [5, 5.41) is 2.92. The first kappa shape index (κ1) is 13.0. The predicted molar refractivity (Wildman–Crippen MR) is 64.6 cm³/mol. The number of pyridine rings is 1. The molecule has 0 radical (unpaired) electrons. The molecular weight excluding hydrogens is 220 g/mol. The van der Waals surface area contributed by atoms with Gasteiger partial charge < -0.3 is 16.0 Å². The minimum absolute atomic E-state index is 0.0232. The van der Waals surface area contributed by atoms with Gasteiger partial charge >= 0.3 is 0 Å². The van der Waals surface area contributed by atoms with Gasteiger partial charge in [0.1, 0.15) is 5.69 Å². The molecule has 1 aromatic rings. The topological polar surface area (TPSA) is 88.3 Å². The number of aromatic nitrogens is 1. The highest BCUT2D eigenvalue weighted by Gasteiger charge is 2.07. The summed E-state index contributed by atoms with van der Waals surface area (Å²) in [6, 6.07) is 3.19. The third-order valence-corrected chi connectivity index (χ3v) is 2.36. The van der Waals surface area contributed by atoms with Gasteiger partial charge in [0.2, 0.25) is 5.91 Å². The van der Waals surface area contributed by atoms with Crippen LogP contribution in [-0.4, -0.2) is 41.8 Å². The molecule has 92 valence electrons. The molecule has 0 aliphatic carbocycles. The van der Waals surface area contributed by atoms with Crippen molar-refractivity contribution in [3.63, 3.8) is 0 Å². The summed E-state index contributed by atoms with van der Waals surface area (Å²) < 4.78 is 0. The molecule has 6 nitrogen and oxygen atoms in total. The van der Waals surface area contributed by atoms with E-state index < -0.39 is 5.91 Å². The highest BCUT2D eigenvalue weighted by Crippen LogP contribution is 2.07. The Morgan fingerprint density at radius 1 is 1.53 bits per heavy atom. The van der Waals surface area contributed by atoms with Crippen LogP contribution in [0.25, 0.3) is 0 Å². The number of nitrogens with zero attached hydrogens (tertiary/aromatic N) is 2. The normalized spacial score (nSPS) is 9.76. The Morgan fingerprint density at radius 2 is 2.24 bits per heavy atom. The highest BCUT2D eigenvalue weighted by atomic mass is 16.2. The number of amides is 2. The monoisotopic (exact) mass is 236 g/mol. The van der Waals surface area contributed by atoms with E-state index in [0.29, 0.717) is 12.2 Å². The van der Waals surface area contributed by atoms with E-state index in [1.807, 2.05) is 6.92 Å². The van der Waals surface area contributed by atoms with Crippen LogP contribution in [0.4, 0.5) is 5.69 Å². The van der Waals surface area contributed by atoms with Crippen molar-refractivity contribution in [1.82, 2.24) is 9.88 Å². The van der Waals surface area contributed by atoms with E-state index in [1.165, 1.54) is 12.3 Å². The first-order valence-corrected chi connectivity index (χ1v) is 5.28. The maximum absolute atomic E-state index is 11.5. The van der Waals surface area contributed by atoms with Crippen LogP contribution in [-0.2, 0) is 4.79 Å². The number of nitrogens with two attached hydrogens (primary N) is 1. The number of anilines is 1.